The molecule has 0 aliphatic heterocycles. The Hall–Kier alpha value is -2.00. The lowest BCUT2D eigenvalue weighted by molar-refractivity contribution is 0.104. The van der Waals surface area contributed by atoms with Crippen molar-refractivity contribution in [2.75, 3.05) is 0 Å². The van der Waals surface area contributed by atoms with Gasteiger partial charge < -0.3 is 0 Å². The van der Waals surface area contributed by atoms with Crippen molar-refractivity contribution in [3.8, 4) is 0 Å². The monoisotopic (exact) mass is 292 g/mol. The molecule has 2 rings (SSSR count). The highest BCUT2D eigenvalue weighted by Crippen LogP contribution is 2.26. The second kappa shape index (κ2) is 5.97. The topological polar surface area (TPSA) is 17.1 Å². The minimum atomic E-state index is -1.01. The zero-order valence-electron chi connectivity index (χ0n) is 10.7. The lowest BCUT2D eigenvalue weighted by atomic mass is 10.0. The molecule has 0 saturated carbocycles. The van der Waals surface area contributed by atoms with Crippen molar-refractivity contribution in [2.24, 2.45) is 0 Å². The minimum Gasteiger partial charge on any atom is -0.289 e. The first-order chi connectivity index (χ1) is 9.49. The molecule has 1 nitrogen and oxygen atoms in total. The molecule has 0 bridgehead atoms. The molecule has 0 aromatic heterocycles. The van der Waals surface area contributed by atoms with Crippen LogP contribution in [0.25, 0.3) is 5.57 Å². The third-order valence-corrected chi connectivity index (χ3v) is 3.15. The van der Waals surface area contributed by atoms with Crippen molar-refractivity contribution in [1.29, 1.82) is 0 Å². The predicted molar refractivity (Wildman–Crippen MR) is 75.8 cm³/mol. The number of carbonyl (C=O) groups is 1. The van der Waals surface area contributed by atoms with Crippen LogP contribution in [-0.4, -0.2) is 5.78 Å². The molecular formula is C16H11ClF2O. The van der Waals surface area contributed by atoms with Crippen LogP contribution in [0.3, 0.4) is 0 Å². The summed E-state index contributed by atoms with van der Waals surface area (Å²) in [5.74, 6) is -2.23. The Labute approximate surface area is 120 Å². The quantitative estimate of drug-likeness (QED) is 0.446. The van der Waals surface area contributed by atoms with E-state index < -0.39 is 11.6 Å². The number of hydrogen-bond acceptors (Lipinski definition) is 1. The van der Waals surface area contributed by atoms with Crippen LogP contribution in [0.15, 0.2) is 48.5 Å². The lowest BCUT2D eigenvalue weighted by Gasteiger charge is -2.06. The standard InChI is InChI=1S/C16H11ClF2O/c1-10(7-16(20)11-5-3-2-4-6-11)12-8-14(18)15(19)9-13(12)17/h2-9H,1H3/b10-7+. The van der Waals surface area contributed by atoms with Gasteiger partial charge in [0.05, 0.1) is 5.02 Å². The molecule has 0 saturated heterocycles. The summed E-state index contributed by atoms with van der Waals surface area (Å²) in [5.41, 5.74) is 1.29. The van der Waals surface area contributed by atoms with Crippen molar-refractivity contribution < 1.29 is 13.6 Å². The predicted octanol–water partition coefficient (Wildman–Crippen LogP) is 4.90. The van der Waals surface area contributed by atoms with Gasteiger partial charge in [0.2, 0.25) is 0 Å². The Morgan fingerprint density at radius 3 is 2.35 bits per heavy atom. The van der Waals surface area contributed by atoms with Gasteiger partial charge in [0, 0.05) is 5.56 Å². The molecule has 102 valence electrons. The van der Waals surface area contributed by atoms with E-state index in [1.54, 1.807) is 37.3 Å². The van der Waals surface area contributed by atoms with E-state index in [1.165, 1.54) is 6.08 Å². The number of ketones is 1. The Bertz CT molecular complexity index is 678. The second-order valence-electron chi connectivity index (χ2n) is 4.30. The van der Waals surface area contributed by atoms with Gasteiger partial charge in [0.25, 0.3) is 0 Å². The Kier molecular flexibility index (Phi) is 4.30. The van der Waals surface area contributed by atoms with Crippen molar-refractivity contribution in [2.45, 2.75) is 6.92 Å². The first-order valence-corrected chi connectivity index (χ1v) is 6.29. The fraction of sp³-hybridized carbons (Fsp3) is 0.0625. The van der Waals surface area contributed by atoms with Gasteiger partial charge >= 0.3 is 0 Å². The van der Waals surface area contributed by atoms with Gasteiger partial charge in [-0.3, -0.25) is 4.79 Å². The summed E-state index contributed by atoms with van der Waals surface area (Å²) in [7, 11) is 0. The first-order valence-electron chi connectivity index (χ1n) is 5.91. The van der Waals surface area contributed by atoms with E-state index in [9.17, 15) is 13.6 Å². The average molecular weight is 293 g/mol. The number of rotatable bonds is 3. The molecule has 2 aromatic carbocycles. The zero-order valence-corrected chi connectivity index (χ0v) is 11.4. The Morgan fingerprint density at radius 1 is 1.10 bits per heavy atom. The van der Waals surface area contributed by atoms with Gasteiger partial charge in [-0.25, -0.2) is 8.78 Å². The summed E-state index contributed by atoms with van der Waals surface area (Å²) >= 11 is 5.87. The van der Waals surface area contributed by atoms with Crippen molar-refractivity contribution in [1.82, 2.24) is 0 Å². The summed E-state index contributed by atoms with van der Waals surface area (Å²) in [5, 5.41) is 0.0681. The van der Waals surface area contributed by atoms with E-state index in [1.807, 2.05) is 0 Å². The van der Waals surface area contributed by atoms with Crippen LogP contribution >= 0.6 is 11.6 Å². The molecule has 0 heterocycles. The second-order valence-corrected chi connectivity index (χ2v) is 4.71. The van der Waals surface area contributed by atoms with Gasteiger partial charge in [-0.1, -0.05) is 41.9 Å². The number of hydrogen-bond donors (Lipinski definition) is 0. The molecule has 0 atom stereocenters. The molecule has 0 aliphatic rings. The number of carbonyl (C=O) groups excluding carboxylic acids is 1. The largest absolute Gasteiger partial charge is 0.289 e. The van der Waals surface area contributed by atoms with Crippen LogP contribution in [0.4, 0.5) is 8.78 Å². The third kappa shape index (κ3) is 3.11. The Morgan fingerprint density at radius 2 is 1.70 bits per heavy atom. The molecule has 0 unspecified atom stereocenters. The van der Waals surface area contributed by atoms with E-state index in [0.29, 0.717) is 16.7 Å². The van der Waals surface area contributed by atoms with Crippen molar-refractivity contribution in [3.05, 3.63) is 76.3 Å². The van der Waals surface area contributed by atoms with Crippen LogP contribution in [0.2, 0.25) is 5.02 Å². The smallest absolute Gasteiger partial charge is 0.186 e. The molecule has 0 amide bonds. The van der Waals surface area contributed by atoms with E-state index in [-0.39, 0.29) is 10.8 Å². The summed E-state index contributed by atoms with van der Waals surface area (Å²) in [6.45, 7) is 1.62. The molecule has 0 aliphatic carbocycles. The molecule has 2 aromatic rings. The van der Waals surface area contributed by atoms with Crippen LogP contribution < -0.4 is 0 Å². The van der Waals surface area contributed by atoms with Gasteiger partial charge in [0.15, 0.2) is 17.4 Å². The molecule has 0 fully saturated rings. The number of benzene rings is 2. The van der Waals surface area contributed by atoms with Crippen molar-refractivity contribution >= 4 is 23.0 Å². The number of allylic oxidation sites excluding steroid dienone is 2. The maximum absolute atomic E-state index is 13.2. The van der Waals surface area contributed by atoms with E-state index >= 15 is 0 Å². The fourth-order valence-corrected chi connectivity index (χ4v) is 2.08. The van der Waals surface area contributed by atoms with Crippen LogP contribution in [0, 0.1) is 11.6 Å². The highest BCUT2D eigenvalue weighted by molar-refractivity contribution is 6.32. The summed E-state index contributed by atoms with van der Waals surface area (Å²) in [6.07, 6.45) is 1.36. The average Bonchev–Trinajstić information content (AvgIpc) is 2.43. The molecule has 20 heavy (non-hydrogen) atoms. The molecular weight excluding hydrogens is 282 g/mol. The zero-order chi connectivity index (χ0) is 14.7. The fourth-order valence-electron chi connectivity index (χ4n) is 1.78. The van der Waals surface area contributed by atoms with Gasteiger partial charge in [0.1, 0.15) is 0 Å². The van der Waals surface area contributed by atoms with E-state index in [4.69, 9.17) is 11.6 Å². The molecule has 0 spiro atoms. The van der Waals surface area contributed by atoms with Gasteiger partial charge in [-0.05, 0) is 36.3 Å². The minimum absolute atomic E-state index is 0.0681. The molecule has 0 radical (unpaired) electrons. The van der Waals surface area contributed by atoms with Gasteiger partial charge in [-0.15, -0.1) is 0 Å². The van der Waals surface area contributed by atoms with E-state index in [0.717, 1.165) is 12.1 Å². The normalized spacial score (nSPS) is 11.5. The first kappa shape index (κ1) is 14.4. The maximum atomic E-state index is 13.2. The third-order valence-electron chi connectivity index (χ3n) is 2.84. The van der Waals surface area contributed by atoms with Crippen LogP contribution in [-0.2, 0) is 0 Å². The maximum Gasteiger partial charge on any atom is 0.186 e. The van der Waals surface area contributed by atoms with Crippen LogP contribution in [0.1, 0.15) is 22.8 Å². The summed E-state index contributed by atoms with van der Waals surface area (Å²) in [6, 6.07) is 10.6. The highest BCUT2D eigenvalue weighted by Gasteiger charge is 2.11. The van der Waals surface area contributed by atoms with Gasteiger partial charge in [-0.2, -0.15) is 0 Å². The lowest BCUT2D eigenvalue weighted by Crippen LogP contribution is -1.96. The summed E-state index contributed by atoms with van der Waals surface area (Å²) in [4.78, 5) is 12.0. The Balaban J connectivity index is 2.36. The molecule has 0 N–H and O–H groups in total. The molecule has 4 heteroatoms. The number of halogens is 3. The summed E-state index contributed by atoms with van der Waals surface area (Å²) < 4.78 is 26.2. The SMILES string of the molecule is C/C(=C\C(=O)c1ccccc1)c1cc(F)c(F)cc1Cl. The van der Waals surface area contributed by atoms with Crippen LogP contribution in [0.5, 0.6) is 0 Å². The van der Waals surface area contributed by atoms with Crippen molar-refractivity contribution in [3.63, 3.8) is 0 Å². The highest BCUT2D eigenvalue weighted by atomic mass is 35.5. The van der Waals surface area contributed by atoms with E-state index in [2.05, 4.69) is 0 Å².